The molecule has 1 aliphatic heterocycles. The van der Waals surface area contributed by atoms with E-state index in [1.165, 1.54) is 0 Å². The standard InChI is InChI=1S/C36H42FN5O4Si/c1-23-35(45-2)28-19-26(39-34(44)18-25-20-38-30-13-9-8-12-27(25)30)14-15-32(28)46-36(23)33(47(3,4)37)16-17-42-21-31(40-41-42)29(22-43)24-10-6-5-7-11-24/h5-15,19-21,23,29,33,35-36,38,43H,16-18,22H2,1-4H3,(H,39,44)/t23-,29?,33?,35-,36-/m1/s1. The molecule has 5 aromatic rings. The van der Waals surface area contributed by atoms with Gasteiger partial charge in [0.1, 0.15) is 11.9 Å². The predicted octanol–water partition coefficient (Wildman–Crippen LogP) is 6.78. The van der Waals surface area contributed by atoms with Gasteiger partial charge in [-0.2, -0.15) is 0 Å². The molecule has 2 aromatic heterocycles. The number of aliphatic hydroxyl groups is 1. The smallest absolute Gasteiger partial charge is 0.247 e. The predicted molar refractivity (Wildman–Crippen MR) is 183 cm³/mol. The van der Waals surface area contributed by atoms with E-state index >= 15 is 4.11 Å². The average molecular weight is 656 g/mol. The van der Waals surface area contributed by atoms with Crippen LogP contribution in [0.25, 0.3) is 10.9 Å². The van der Waals surface area contributed by atoms with Crippen LogP contribution in [0.1, 0.15) is 47.8 Å². The highest BCUT2D eigenvalue weighted by atomic mass is 28.4. The highest BCUT2D eigenvalue weighted by Gasteiger charge is 2.47. The SMILES string of the molecule is CO[C@H]1c2cc(NC(=O)Cc3c[nH]c4ccccc34)ccc2O[C@@H](C(CCn2cc(C(CO)c3ccccc3)nn2)[Si](C)(C)F)[C@@H]1C. The zero-order chi connectivity index (χ0) is 33.1. The minimum absolute atomic E-state index is 0.0868. The number of carbonyl (C=O) groups is 1. The van der Waals surface area contributed by atoms with E-state index in [9.17, 15) is 9.90 Å². The summed E-state index contributed by atoms with van der Waals surface area (Å²) in [6.07, 6.45) is 3.70. The number of H-pyrrole nitrogens is 1. The molecule has 47 heavy (non-hydrogen) atoms. The van der Waals surface area contributed by atoms with E-state index < -0.39 is 14.5 Å². The van der Waals surface area contributed by atoms with Gasteiger partial charge in [0.05, 0.1) is 30.7 Å². The minimum atomic E-state index is -3.23. The van der Waals surface area contributed by atoms with Crippen LogP contribution in [0.3, 0.4) is 0 Å². The molecule has 0 aliphatic carbocycles. The molecule has 0 spiro atoms. The molecule has 3 N–H and O–H groups in total. The van der Waals surface area contributed by atoms with Gasteiger partial charge in [-0.1, -0.05) is 60.7 Å². The van der Waals surface area contributed by atoms with Crippen molar-refractivity contribution >= 4 is 30.9 Å². The number of carbonyl (C=O) groups excluding carboxylic acids is 1. The largest absolute Gasteiger partial charge is 0.490 e. The first-order valence-electron chi connectivity index (χ1n) is 16.1. The van der Waals surface area contributed by atoms with Crippen LogP contribution in [0, 0.1) is 5.92 Å². The average Bonchev–Trinajstić information content (AvgIpc) is 3.69. The number of aliphatic hydroxyl groups excluding tert-OH is 1. The third kappa shape index (κ3) is 7.02. The van der Waals surface area contributed by atoms with Crippen molar-refractivity contribution in [1.29, 1.82) is 0 Å². The molecule has 0 fully saturated rings. The Morgan fingerprint density at radius 1 is 1.15 bits per heavy atom. The first kappa shape index (κ1) is 32.6. The van der Waals surface area contributed by atoms with E-state index in [4.69, 9.17) is 9.47 Å². The number of nitrogens with zero attached hydrogens (tertiary/aromatic N) is 3. The van der Waals surface area contributed by atoms with Gasteiger partial charge in [-0.15, -0.1) is 5.10 Å². The van der Waals surface area contributed by atoms with E-state index in [1.807, 2.05) is 92.1 Å². The van der Waals surface area contributed by atoms with Crippen molar-refractivity contribution in [2.24, 2.45) is 5.92 Å². The maximum Gasteiger partial charge on any atom is 0.247 e. The van der Waals surface area contributed by atoms with Crippen molar-refractivity contribution in [1.82, 2.24) is 20.0 Å². The van der Waals surface area contributed by atoms with Gasteiger partial charge in [0.15, 0.2) is 0 Å². The Labute approximate surface area is 275 Å². The van der Waals surface area contributed by atoms with Gasteiger partial charge >= 0.3 is 0 Å². The number of anilines is 1. The third-order valence-corrected chi connectivity index (χ3v) is 11.8. The second kappa shape index (κ2) is 13.8. The van der Waals surface area contributed by atoms with Gasteiger partial charge < -0.3 is 29.0 Å². The first-order valence-corrected chi connectivity index (χ1v) is 19.0. The lowest BCUT2D eigenvalue weighted by molar-refractivity contribution is -0.115. The number of fused-ring (bicyclic) bond motifs is 2. The lowest BCUT2D eigenvalue weighted by Gasteiger charge is -2.43. The summed E-state index contributed by atoms with van der Waals surface area (Å²) in [4.78, 5) is 16.2. The lowest BCUT2D eigenvalue weighted by Crippen LogP contribution is -2.46. The van der Waals surface area contributed by atoms with Gasteiger partial charge in [-0.3, -0.25) is 9.48 Å². The highest BCUT2D eigenvalue weighted by Crippen LogP contribution is 2.48. The number of hydrogen-bond acceptors (Lipinski definition) is 6. The van der Waals surface area contributed by atoms with Crippen LogP contribution in [0.4, 0.5) is 9.80 Å². The van der Waals surface area contributed by atoms with Gasteiger partial charge in [-0.25, -0.2) is 0 Å². The fourth-order valence-electron chi connectivity index (χ4n) is 6.92. The second-order valence-electron chi connectivity index (χ2n) is 12.9. The normalized spacial score (nSPS) is 19.1. The summed E-state index contributed by atoms with van der Waals surface area (Å²) in [6.45, 7) is 5.86. The number of aromatic nitrogens is 4. The number of halogens is 1. The molecule has 11 heteroatoms. The van der Waals surface area contributed by atoms with Crippen LogP contribution in [0.5, 0.6) is 5.75 Å². The summed E-state index contributed by atoms with van der Waals surface area (Å²) in [7, 11) is -1.58. The Kier molecular flexibility index (Phi) is 9.58. The second-order valence-corrected chi connectivity index (χ2v) is 16.8. The molecule has 2 unspecified atom stereocenters. The third-order valence-electron chi connectivity index (χ3n) is 9.38. The Hall–Kier alpha value is -4.32. The zero-order valence-electron chi connectivity index (χ0n) is 27.2. The topological polar surface area (TPSA) is 114 Å². The summed E-state index contributed by atoms with van der Waals surface area (Å²) >= 11 is 0. The van der Waals surface area contributed by atoms with Crippen LogP contribution in [-0.4, -0.2) is 59.2 Å². The summed E-state index contributed by atoms with van der Waals surface area (Å²) in [5.74, 6) is 0.0772. The van der Waals surface area contributed by atoms with Crippen LogP contribution < -0.4 is 10.1 Å². The molecular weight excluding hydrogens is 614 g/mol. The molecule has 0 bridgehead atoms. The molecular formula is C36H42FN5O4Si. The number of rotatable bonds is 12. The minimum Gasteiger partial charge on any atom is -0.490 e. The fraction of sp³-hybridized carbons (Fsp3) is 0.361. The molecule has 0 saturated heterocycles. The number of aromatic amines is 1. The van der Waals surface area contributed by atoms with E-state index in [-0.39, 0.29) is 42.4 Å². The van der Waals surface area contributed by atoms with E-state index in [1.54, 1.807) is 24.9 Å². The molecule has 5 atom stereocenters. The monoisotopic (exact) mass is 655 g/mol. The maximum absolute atomic E-state index is 16.1. The molecule has 1 aliphatic rings. The molecule has 1 amide bonds. The van der Waals surface area contributed by atoms with Gasteiger partial charge in [-0.05, 0) is 54.9 Å². The van der Waals surface area contributed by atoms with Crippen molar-refractivity contribution in [3.63, 3.8) is 0 Å². The number of aryl methyl sites for hydroxylation is 1. The van der Waals surface area contributed by atoms with Gasteiger partial charge in [0.25, 0.3) is 0 Å². The molecule has 3 aromatic carbocycles. The molecule has 0 saturated carbocycles. The number of ether oxygens (including phenoxy) is 2. The van der Waals surface area contributed by atoms with Crippen molar-refractivity contribution < 1.29 is 23.5 Å². The summed E-state index contributed by atoms with van der Waals surface area (Å²) in [5, 5.41) is 22.8. The number of para-hydroxylation sites is 1. The van der Waals surface area contributed by atoms with Crippen molar-refractivity contribution in [3.8, 4) is 5.75 Å². The molecule has 9 nitrogen and oxygen atoms in total. The van der Waals surface area contributed by atoms with E-state index in [0.717, 1.165) is 27.6 Å². The maximum atomic E-state index is 16.1. The Bertz CT molecular complexity index is 1820. The number of methoxy groups -OCH3 is 1. The van der Waals surface area contributed by atoms with Crippen LogP contribution in [-0.2, 0) is 22.5 Å². The van der Waals surface area contributed by atoms with Gasteiger partial charge in [0.2, 0.25) is 14.3 Å². The van der Waals surface area contributed by atoms with Crippen molar-refractivity contribution in [3.05, 3.63) is 108 Å². The van der Waals surface area contributed by atoms with Crippen LogP contribution in [0.2, 0.25) is 18.6 Å². The van der Waals surface area contributed by atoms with Crippen molar-refractivity contribution in [2.45, 2.75) is 63.1 Å². The quantitative estimate of drug-likeness (QED) is 0.101. The first-order chi connectivity index (χ1) is 22.7. The van der Waals surface area contributed by atoms with E-state index in [2.05, 4.69) is 20.6 Å². The Morgan fingerprint density at radius 2 is 1.91 bits per heavy atom. The van der Waals surface area contributed by atoms with Gasteiger partial charge in [0, 0.05) is 59.7 Å². The Balaban J connectivity index is 1.16. The molecule has 6 rings (SSSR count). The van der Waals surface area contributed by atoms with E-state index in [0.29, 0.717) is 30.1 Å². The Morgan fingerprint density at radius 3 is 2.66 bits per heavy atom. The lowest BCUT2D eigenvalue weighted by atomic mass is 9.86. The summed E-state index contributed by atoms with van der Waals surface area (Å²) in [5.41, 5.74) is 4.69. The number of benzene rings is 3. The van der Waals surface area contributed by atoms with Crippen LogP contribution >= 0.6 is 0 Å². The van der Waals surface area contributed by atoms with Crippen LogP contribution in [0.15, 0.2) is 85.2 Å². The van der Waals surface area contributed by atoms with Crippen molar-refractivity contribution in [2.75, 3.05) is 19.0 Å². The molecule has 3 heterocycles. The highest BCUT2D eigenvalue weighted by molar-refractivity contribution is 6.72. The number of nitrogens with one attached hydrogen (secondary N) is 2. The summed E-state index contributed by atoms with van der Waals surface area (Å²) < 4.78 is 30.4. The zero-order valence-corrected chi connectivity index (χ0v) is 28.2. The number of hydrogen-bond donors (Lipinski definition) is 3. The number of amides is 1. The fourth-order valence-corrected chi connectivity index (χ4v) is 8.89. The molecule has 246 valence electrons. The summed E-state index contributed by atoms with van der Waals surface area (Å²) in [6, 6.07) is 23.2. The molecule has 0 radical (unpaired) electrons.